The van der Waals surface area contributed by atoms with Crippen LogP contribution in [0, 0.1) is 0 Å². The van der Waals surface area contributed by atoms with Gasteiger partial charge in [-0.15, -0.1) is 0 Å². The molecule has 8 nitrogen and oxygen atoms in total. The topological polar surface area (TPSA) is 108 Å². The van der Waals surface area contributed by atoms with Gasteiger partial charge in [-0.25, -0.2) is 0 Å². The number of quaternary nitrogens is 1. The molecule has 9 heteroatoms. The highest BCUT2D eigenvalue weighted by Gasteiger charge is 2.24. The van der Waals surface area contributed by atoms with Gasteiger partial charge in [0.25, 0.3) is 7.82 Å². The summed E-state index contributed by atoms with van der Waals surface area (Å²) in [5, 5.41) is 13.9. The maximum atomic E-state index is 12.9. The van der Waals surface area contributed by atoms with E-state index in [1.54, 1.807) is 0 Å². The van der Waals surface area contributed by atoms with Crippen LogP contribution in [-0.2, 0) is 18.4 Å². The predicted molar refractivity (Wildman–Crippen MR) is 247 cm³/mol. The second-order valence-corrected chi connectivity index (χ2v) is 18.5. The third kappa shape index (κ3) is 42.3. The van der Waals surface area contributed by atoms with Gasteiger partial charge in [0, 0.05) is 6.42 Å². The Morgan fingerprint density at radius 2 is 1.05 bits per heavy atom. The van der Waals surface area contributed by atoms with Crippen LogP contribution in [0.3, 0.4) is 0 Å². The Kier molecular flexibility index (Phi) is 39.3. The van der Waals surface area contributed by atoms with Crippen molar-refractivity contribution in [2.24, 2.45) is 0 Å². The van der Waals surface area contributed by atoms with Crippen molar-refractivity contribution in [3.8, 4) is 0 Å². The number of phosphoric ester groups is 1. The lowest BCUT2D eigenvalue weighted by atomic mass is 10.0. The lowest BCUT2D eigenvalue weighted by Gasteiger charge is -2.30. The van der Waals surface area contributed by atoms with Crippen molar-refractivity contribution < 1.29 is 32.9 Å². The van der Waals surface area contributed by atoms with Crippen molar-refractivity contribution in [2.75, 3.05) is 40.9 Å². The SMILES string of the molecule is CC/C=C\C/C=C\C/C=C\C/C=C\C/C=C\CCCCCC(=O)NC(COP(=O)([O-])OCC[N+](C)(C)C)C(O)CCCCCCCCCCCCCCCCCCC. The highest BCUT2D eigenvalue weighted by Crippen LogP contribution is 2.38. The average molecular weight is 835 g/mol. The molecular weight excluding hydrogens is 744 g/mol. The van der Waals surface area contributed by atoms with Gasteiger partial charge in [0.15, 0.2) is 0 Å². The molecule has 0 radical (unpaired) electrons. The quantitative estimate of drug-likeness (QED) is 0.0274. The number of unbranched alkanes of at least 4 members (excludes halogenated alkanes) is 19. The summed E-state index contributed by atoms with van der Waals surface area (Å²) >= 11 is 0. The molecule has 0 heterocycles. The molecule has 0 saturated heterocycles. The number of hydrogen-bond donors (Lipinski definition) is 2. The van der Waals surface area contributed by atoms with Crippen molar-refractivity contribution in [3.63, 3.8) is 0 Å². The number of carbonyl (C=O) groups excluding carboxylic acids is 1. The van der Waals surface area contributed by atoms with E-state index < -0.39 is 20.0 Å². The van der Waals surface area contributed by atoms with Crippen LogP contribution in [0.25, 0.3) is 0 Å². The number of aliphatic hydroxyl groups is 1. The molecule has 3 unspecified atom stereocenters. The van der Waals surface area contributed by atoms with Crippen LogP contribution >= 0.6 is 7.82 Å². The molecule has 0 aromatic rings. The Labute approximate surface area is 358 Å². The number of carbonyl (C=O) groups is 1. The first-order valence-electron chi connectivity index (χ1n) is 23.6. The van der Waals surface area contributed by atoms with Gasteiger partial charge in [-0.3, -0.25) is 9.36 Å². The molecular formula is C49H91N2O6P. The van der Waals surface area contributed by atoms with Gasteiger partial charge in [0.1, 0.15) is 13.2 Å². The van der Waals surface area contributed by atoms with Crippen molar-refractivity contribution in [3.05, 3.63) is 60.8 Å². The van der Waals surface area contributed by atoms with Crippen LogP contribution in [0.15, 0.2) is 60.8 Å². The fourth-order valence-corrected chi connectivity index (χ4v) is 7.26. The zero-order valence-electron chi connectivity index (χ0n) is 38.2. The summed E-state index contributed by atoms with van der Waals surface area (Å²) in [7, 11) is 1.27. The smallest absolute Gasteiger partial charge is 0.268 e. The normalized spacial score (nSPS) is 14.8. The molecule has 0 saturated carbocycles. The maximum absolute atomic E-state index is 12.9. The van der Waals surface area contributed by atoms with E-state index in [1.807, 2.05) is 21.1 Å². The molecule has 338 valence electrons. The van der Waals surface area contributed by atoms with Gasteiger partial charge >= 0.3 is 0 Å². The van der Waals surface area contributed by atoms with Crippen LogP contribution in [0.1, 0.15) is 194 Å². The number of allylic oxidation sites excluding steroid dienone is 10. The van der Waals surface area contributed by atoms with E-state index in [-0.39, 0.29) is 19.1 Å². The molecule has 0 fully saturated rings. The predicted octanol–water partition coefficient (Wildman–Crippen LogP) is 12.8. The van der Waals surface area contributed by atoms with Gasteiger partial charge in [-0.05, 0) is 57.8 Å². The fraction of sp³-hybridized carbons (Fsp3) is 0.776. The van der Waals surface area contributed by atoms with E-state index in [2.05, 4.69) is 79.9 Å². The summed E-state index contributed by atoms with van der Waals surface area (Å²) in [6, 6.07) is -0.820. The fourth-order valence-electron chi connectivity index (χ4n) is 6.54. The second-order valence-electron chi connectivity index (χ2n) is 17.1. The molecule has 1 amide bonds. The first-order valence-corrected chi connectivity index (χ1v) is 25.1. The summed E-state index contributed by atoms with van der Waals surface area (Å²) in [5.41, 5.74) is 0. The van der Waals surface area contributed by atoms with E-state index in [0.717, 1.165) is 77.0 Å². The van der Waals surface area contributed by atoms with Gasteiger partial charge in [0.05, 0.1) is 39.9 Å². The van der Waals surface area contributed by atoms with Gasteiger partial charge in [0.2, 0.25) is 5.91 Å². The number of hydrogen-bond acceptors (Lipinski definition) is 6. The summed E-state index contributed by atoms with van der Waals surface area (Å²) < 4.78 is 23.3. The van der Waals surface area contributed by atoms with E-state index >= 15 is 0 Å². The molecule has 0 aliphatic carbocycles. The molecule has 2 N–H and O–H groups in total. The minimum Gasteiger partial charge on any atom is -0.756 e. The van der Waals surface area contributed by atoms with Crippen molar-refractivity contribution in [1.82, 2.24) is 5.32 Å². The first-order chi connectivity index (χ1) is 28.0. The number of aliphatic hydroxyl groups excluding tert-OH is 1. The van der Waals surface area contributed by atoms with E-state index in [1.165, 1.54) is 89.9 Å². The zero-order chi connectivity index (χ0) is 42.8. The van der Waals surface area contributed by atoms with Crippen molar-refractivity contribution in [1.29, 1.82) is 0 Å². The highest BCUT2D eigenvalue weighted by molar-refractivity contribution is 7.45. The third-order valence-electron chi connectivity index (χ3n) is 10.3. The van der Waals surface area contributed by atoms with Crippen molar-refractivity contribution >= 4 is 13.7 Å². The second kappa shape index (κ2) is 40.6. The molecule has 0 aromatic carbocycles. The molecule has 0 rings (SSSR count). The van der Waals surface area contributed by atoms with E-state index in [9.17, 15) is 19.4 Å². The van der Waals surface area contributed by atoms with Crippen LogP contribution in [0.5, 0.6) is 0 Å². The van der Waals surface area contributed by atoms with Crippen molar-refractivity contribution in [2.45, 2.75) is 206 Å². The lowest BCUT2D eigenvalue weighted by molar-refractivity contribution is -0.870. The number of rotatable bonds is 42. The summed E-state index contributed by atoms with van der Waals surface area (Å²) in [5.74, 6) is -0.198. The number of nitrogens with one attached hydrogen (secondary N) is 1. The van der Waals surface area contributed by atoms with Crippen LogP contribution in [-0.4, -0.2) is 68.5 Å². The standard InChI is InChI=1S/C49H91N2O6P/c1-6-8-10-12-14-16-18-20-22-24-25-27-29-31-33-35-37-39-41-43-49(53)50-47(46-57-58(54,55)56-45-44-51(3,4)5)48(52)42-40-38-36-34-32-30-28-26-23-21-19-17-15-13-11-9-7-2/h8,10,14,16,20,22,25,27,31,33,47-48,52H,6-7,9,11-13,15,17-19,21,23-24,26,28-30,32,34-46H2,1-5H3,(H-,50,53,54,55)/b10-8-,16-14-,22-20-,27-25-,33-31-. The Hall–Kier alpha value is -1.80. The monoisotopic (exact) mass is 835 g/mol. The number of likely N-dealkylation sites (N-methyl/N-ethyl adjacent to an activating group) is 1. The third-order valence-corrected chi connectivity index (χ3v) is 11.2. The Bertz CT molecular complexity index is 1130. The lowest BCUT2D eigenvalue weighted by Crippen LogP contribution is -2.46. The summed E-state index contributed by atoms with van der Waals surface area (Å²) in [6.07, 6.45) is 52.2. The molecule has 58 heavy (non-hydrogen) atoms. The number of nitrogens with zero attached hydrogens (tertiary/aromatic N) is 1. The molecule has 0 aliphatic rings. The molecule has 0 spiro atoms. The first kappa shape index (κ1) is 56.2. The molecule has 0 aliphatic heterocycles. The Morgan fingerprint density at radius 1 is 0.621 bits per heavy atom. The minimum atomic E-state index is -4.58. The van der Waals surface area contributed by atoms with Crippen LogP contribution in [0.2, 0.25) is 0 Å². The van der Waals surface area contributed by atoms with Crippen LogP contribution < -0.4 is 10.2 Å². The largest absolute Gasteiger partial charge is 0.756 e. The molecule has 0 bridgehead atoms. The summed E-state index contributed by atoms with van der Waals surface area (Å²) in [4.78, 5) is 25.4. The number of phosphoric acid groups is 1. The number of amides is 1. The Balaban J connectivity index is 4.41. The van der Waals surface area contributed by atoms with Gasteiger partial charge in [-0.1, -0.05) is 190 Å². The molecule has 3 atom stereocenters. The highest BCUT2D eigenvalue weighted by atomic mass is 31.2. The molecule has 0 aromatic heterocycles. The van der Waals surface area contributed by atoms with E-state index in [4.69, 9.17) is 9.05 Å². The Morgan fingerprint density at radius 3 is 1.52 bits per heavy atom. The minimum absolute atomic E-state index is 0.00271. The maximum Gasteiger partial charge on any atom is 0.268 e. The van der Waals surface area contributed by atoms with Crippen LogP contribution in [0.4, 0.5) is 0 Å². The zero-order valence-corrected chi connectivity index (χ0v) is 39.1. The summed E-state index contributed by atoms with van der Waals surface area (Å²) in [6.45, 7) is 4.58. The van der Waals surface area contributed by atoms with Gasteiger partial charge in [-0.2, -0.15) is 0 Å². The van der Waals surface area contributed by atoms with E-state index in [0.29, 0.717) is 23.9 Å². The van der Waals surface area contributed by atoms with Gasteiger partial charge < -0.3 is 28.8 Å². The average Bonchev–Trinajstić information content (AvgIpc) is 3.17.